The lowest BCUT2D eigenvalue weighted by atomic mass is 10.0. The quantitative estimate of drug-likeness (QED) is 0.763. The van der Waals surface area contributed by atoms with E-state index in [1.54, 1.807) is 13.2 Å². The van der Waals surface area contributed by atoms with E-state index in [1.165, 1.54) is 16.9 Å². The summed E-state index contributed by atoms with van der Waals surface area (Å²) in [6.45, 7) is 0.908. The number of quaternary nitrogens is 1. The molecule has 116 valence electrons. The zero-order valence-corrected chi connectivity index (χ0v) is 12.9. The highest BCUT2D eigenvalue weighted by molar-refractivity contribution is 5.47. The van der Waals surface area contributed by atoms with Crippen LogP contribution in [0.15, 0.2) is 60.8 Å². The minimum absolute atomic E-state index is 0.159. The average molecular weight is 307 g/mol. The summed E-state index contributed by atoms with van der Waals surface area (Å²) in [5.74, 6) is 0.680. The summed E-state index contributed by atoms with van der Waals surface area (Å²) in [4.78, 5) is 0. The van der Waals surface area contributed by atoms with E-state index in [9.17, 15) is 5.11 Å². The van der Waals surface area contributed by atoms with Gasteiger partial charge in [0.05, 0.1) is 18.5 Å². The number of ether oxygens (including phenoxy) is 1. The lowest BCUT2D eigenvalue weighted by molar-refractivity contribution is -0.702. The third kappa shape index (κ3) is 2.28. The molecule has 0 bridgehead atoms. The molecule has 23 heavy (non-hydrogen) atoms. The minimum atomic E-state index is 0.159. The van der Waals surface area contributed by atoms with Crippen LogP contribution in [-0.4, -0.2) is 16.8 Å². The van der Waals surface area contributed by atoms with Gasteiger partial charge in [-0.3, -0.25) is 0 Å². The average Bonchev–Trinajstić information content (AvgIpc) is 3.00. The molecular weight excluding hydrogens is 288 g/mol. The van der Waals surface area contributed by atoms with Crippen LogP contribution >= 0.6 is 0 Å². The first-order chi connectivity index (χ1) is 11.3. The fourth-order valence-corrected chi connectivity index (χ4v) is 3.35. The molecule has 3 aromatic rings. The van der Waals surface area contributed by atoms with Crippen LogP contribution < -0.4 is 10.1 Å². The summed E-state index contributed by atoms with van der Waals surface area (Å²) in [5, 5.41) is 12.2. The van der Waals surface area contributed by atoms with Gasteiger partial charge in [-0.1, -0.05) is 18.2 Å². The van der Waals surface area contributed by atoms with Gasteiger partial charge in [-0.25, -0.2) is 0 Å². The number of methoxy groups -OCH3 is 1. The third-order valence-electron chi connectivity index (χ3n) is 4.49. The van der Waals surface area contributed by atoms with Crippen molar-refractivity contribution in [1.82, 2.24) is 4.57 Å². The molecule has 4 nitrogen and oxygen atoms in total. The van der Waals surface area contributed by atoms with E-state index >= 15 is 0 Å². The number of aromatic hydroxyl groups is 1. The van der Waals surface area contributed by atoms with Crippen LogP contribution in [0.5, 0.6) is 11.5 Å². The molecule has 4 heteroatoms. The zero-order chi connectivity index (χ0) is 15.8. The van der Waals surface area contributed by atoms with E-state index in [0.29, 0.717) is 5.75 Å². The van der Waals surface area contributed by atoms with Gasteiger partial charge in [0, 0.05) is 17.3 Å². The van der Waals surface area contributed by atoms with Crippen LogP contribution in [0.25, 0.3) is 5.69 Å². The highest BCUT2D eigenvalue weighted by Crippen LogP contribution is 2.32. The lowest BCUT2D eigenvalue weighted by Gasteiger charge is -2.16. The number of para-hydroxylation sites is 1. The van der Waals surface area contributed by atoms with E-state index in [-0.39, 0.29) is 11.8 Å². The second-order valence-electron chi connectivity index (χ2n) is 5.78. The fourth-order valence-electron chi connectivity index (χ4n) is 3.35. The summed E-state index contributed by atoms with van der Waals surface area (Å²) >= 11 is 0. The maximum absolute atomic E-state index is 9.85. The molecule has 2 aromatic carbocycles. The van der Waals surface area contributed by atoms with E-state index in [0.717, 1.165) is 12.1 Å². The SMILES string of the molecule is COc1cc(C2[NH2+]Cc3ccccc3-n3cccc32)ccc1O. The van der Waals surface area contributed by atoms with Crippen LogP contribution in [-0.2, 0) is 6.54 Å². The Balaban J connectivity index is 1.84. The van der Waals surface area contributed by atoms with Crippen molar-refractivity contribution in [2.24, 2.45) is 0 Å². The molecule has 1 atom stereocenters. The summed E-state index contributed by atoms with van der Waals surface area (Å²) < 4.78 is 7.52. The van der Waals surface area contributed by atoms with Crippen molar-refractivity contribution < 1.29 is 15.2 Å². The topological polar surface area (TPSA) is 51.0 Å². The second kappa shape index (κ2) is 5.48. The van der Waals surface area contributed by atoms with Crippen LogP contribution in [0.3, 0.4) is 0 Å². The largest absolute Gasteiger partial charge is 0.504 e. The Morgan fingerprint density at radius 1 is 1.13 bits per heavy atom. The van der Waals surface area contributed by atoms with Crippen molar-refractivity contribution in [2.45, 2.75) is 12.6 Å². The Hall–Kier alpha value is -2.72. The van der Waals surface area contributed by atoms with Crippen LogP contribution in [0.1, 0.15) is 22.9 Å². The number of nitrogens with two attached hydrogens (primary N) is 1. The Kier molecular flexibility index (Phi) is 3.32. The molecule has 1 unspecified atom stereocenters. The van der Waals surface area contributed by atoms with Crippen LogP contribution in [0.4, 0.5) is 0 Å². The number of hydrogen-bond donors (Lipinski definition) is 2. The Morgan fingerprint density at radius 3 is 2.87 bits per heavy atom. The Morgan fingerprint density at radius 2 is 2.00 bits per heavy atom. The molecule has 0 radical (unpaired) electrons. The van der Waals surface area contributed by atoms with Gasteiger partial charge in [-0.05, 0) is 36.4 Å². The molecule has 0 amide bonds. The number of phenols is 1. The minimum Gasteiger partial charge on any atom is -0.504 e. The standard InChI is InChI=1S/C19H18N2O2/c1-23-18-11-13(8-9-17(18)22)19-16-7-4-10-21(16)15-6-3-2-5-14(15)12-20-19/h2-11,19-20,22H,12H2,1H3/p+1. The number of phenolic OH excluding ortho intramolecular Hbond substituents is 1. The molecule has 0 saturated heterocycles. The number of fused-ring (bicyclic) bond motifs is 3. The second-order valence-corrected chi connectivity index (χ2v) is 5.78. The number of rotatable bonds is 2. The first kappa shape index (κ1) is 13.9. The lowest BCUT2D eigenvalue weighted by Crippen LogP contribution is -2.83. The van der Waals surface area contributed by atoms with Gasteiger partial charge in [0.15, 0.2) is 17.5 Å². The molecular formula is C19H19N2O2+. The molecule has 0 fully saturated rings. The van der Waals surface area contributed by atoms with E-state index in [1.807, 2.05) is 12.1 Å². The summed E-state index contributed by atoms with van der Waals surface area (Å²) in [5.41, 5.74) is 4.89. The Bertz CT molecular complexity index is 854. The smallest absolute Gasteiger partial charge is 0.160 e. The highest BCUT2D eigenvalue weighted by atomic mass is 16.5. The van der Waals surface area contributed by atoms with Gasteiger partial charge >= 0.3 is 0 Å². The van der Waals surface area contributed by atoms with Gasteiger partial charge in [0.25, 0.3) is 0 Å². The number of nitrogens with zero attached hydrogens (tertiary/aromatic N) is 1. The Labute approximate surface area is 135 Å². The van der Waals surface area contributed by atoms with Crippen LogP contribution in [0, 0.1) is 0 Å². The van der Waals surface area contributed by atoms with Gasteiger partial charge in [0.2, 0.25) is 0 Å². The van der Waals surface area contributed by atoms with Crippen molar-refractivity contribution in [1.29, 1.82) is 0 Å². The van der Waals surface area contributed by atoms with Crippen molar-refractivity contribution in [3.63, 3.8) is 0 Å². The van der Waals surface area contributed by atoms with E-state index in [2.05, 4.69) is 52.5 Å². The molecule has 0 spiro atoms. The predicted octanol–water partition coefficient (Wildman–Crippen LogP) is 2.36. The molecule has 3 N–H and O–H groups in total. The third-order valence-corrected chi connectivity index (χ3v) is 4.49. The number of benzene rings is 2. The van der Waals surface area contributed by atoms with Crippen molar-refractivity contribution in [3.8, 4) is 17.2 Å². The zero-order valence-electron chi connectivity index (χ0n) is 12.9. The van der Waals surface area contributed by atoms with Gasteiger partial charge < -0.3 is 19.7 Å². The van der Waals surface area contributed by atoms with E-state index < -0.39 is 0 Å². The first-order valence-electron chi connectivity index (χ1n) is 7.73. The molecule has 2 heterocycles. The normalized spacial score (nSPS) is 16.3. The van der Waals surface area contributed by atoms with Crippen molar-refractivity contribution in [3.05, 3.63) is 77.6 Å². The highest BCUT2D eigenvalue weighted by Gasteiger charge is 2.26. The predicted molar refractivity (Wildman–Crippen MR) is 87.9 cm³/mol. The van der Waals surface area contributed by atoms with Gasteiger partial charge in [-0.15, -0.1) is 0 Å². The fraction of sp³-hybridized carbons (Fsp3) is 0.158. The van der Waals surface area contributed by atoms with Crippen molar-refractivity contribution in [2.75, 3.05) is 7.11 Å². The van der Waals surface area contributed by atoms with E-state index in [4.69, 9.17) is 4.74 Å². The molecule has 1 aliphatic heterocycles. The monoisotopic (exact) mass is 307 g/mol. The number of aromatic nitrogens is 1. The summed E-state index contributed by atoms with van der Waals surface area (Å²) in [7, 11) is 1.58. The molecule has 1 aliphatic rings. The maximum atomic E-state index is 9.85. The summed E-state index contributed by atoms with van der Waals surface area (Å²) in [6, 6.07) is 18.5. The molecule has 1 aromatic heterocycles. The van der Waals surface area contributed by atoms with Crippen LogP contribution in [0.2, 0.25) is 0 Å². The van der Waals surface area contributed by atoms with Gasteiger partial charge in [0.1, 0.15) is 6.54 Å². The summed E-state index contributed by atoms with van der Waals surface area (Å²) in [6.07, 6.45) is 2.11. The molecule has 4 rings (SSSR count). The van der Waals surface area contributed by atoms with Crippen molar-refractivity contribution >= 4 is 0 Å². The first-order valence-corrected chi connectivity index (χ1v) is 7.73. The molecule has 0 saturated carbocycles. The van der Waals surface area contributed by atoms with Gasteiger partial charge in [-0.2, -0.15) is 0 Å². The maximum Gasteiger partial charge on any atom is 0.160 e. The molecule has 0 aliphatic carbocycles. The number of hydrogen-bond acceptors (Lipinski definition) is 2.